The summed E-state index contributed by atoms with van der Waals surface area (Å²) in [5.41, 5.74) is 1.28. The zero-order chi connectivity index (χ0) is 7.40. The maximum absolute atomic E-state index is 4.05. The van der Waals surface area contributed by atoms with Crippen molar-refractivity contribution in [2.45, 2.75) is 12.8 Å². The van der Waals surface area contributed by atoms with Crippen LogP contribution in [0.3, 0.4) is 0 Å². The first-order valence-electron chi connectivity index (χ1n) is 3.41. The van der Waals surface area contributed by atoms with Crippen molar-refractivity contribution in [3.8, 4) is 0 Å². The van der Waals surface area contributed by atoms with Gasteiger partial charge in [-0.2, -0.15) is 5.10 Å². The molecular formula is C8H12N2. The Morgan fingerprint density at radius 2 is 2.60 bits per heavy atom. The van der Waals surface area contributed by atoms with E-state index >= 15 is 0 Å². The molecule has 0 amide bonds. The third-order valence-corrected chi connectivity index (χ3v) is 1.40. The SMILES string of the molecule is C=CCCc1cnn(C)c1. The Morgan fingerprint density at radius 1 is 1.80 bits per heavy atom. The summed E-state index contributed by atoms with van der Waals surface area (Å²) < 4.78 is 1.82. The molecule has 0 saturated carbocycles. The smallest absolute Gasteiger partial charge is 0.0521 e. The highest BCUT2D eigenvalue weighted by Crippen LogP contribution is 2.00. The molecule has 1 rings (SSSR count). The van der Waals surface area contributed by atoms with Crippen molar-refractivity contribution in [1.82, 2.24) is 9.78 Å². The van der Waals surface area contributed by atoms with Gasteiger partial charge in [0.25, 0.3) is 0 Å². The number of allylic oxidation sites excluding steroid dienone is 1. The van der Waals surface area contributed by atoms with Gasteiger partial charge < -0.3 is 0 Å². The number of nitrogens with zero attached hydrogens (tertiary/aromatic N) is 2. The van der Waals surface area contributed by atoms with Gasteiger partial charge in [0, 0.05) is 13.2 Å². The highest BCUT2D eigenvalue weighted by Gasteiger charge is 1.91. The average Bonchev–Trinajstić information content (AvgIpc) is 2.31. The van der Waals surface area contributed by atoms with Crippen LogP contribution in [0, 0.1) is 0 Å². The fourth-order valence-corrected chi connectivity index (χ4v) is 0.870. The Balaban J connectivity index is 2.49. The van der Waals surface area contributed by atoms with Crippen LogP contribution < -0.4 is 0 Å². The zero-order valence-corrected chi connectivity index (χ0v) is 6.25. The summed E-state index contributed by atoms with van der Waals surface area (Å²) in [5, 5.41) is 4.05. The van der Waals surface area contributed by atoms with Crippen LogP contribution in [0.25, 0.3) is 0 Å². The molecule has 0 aliphatic rings. The summed E-state index contributed by atoms with van der Waals surface area (Å²) in [6, 6.07) is 0. The summed E-state index contributed by atoms with van der Waals surface area (Å²) in [5.74, 6) is 0. The van der Waals surface area contributed by atoms with Crippen LogP contribution in [0.2, 0.25) is 0 Å². The molecular weight excluding hydrogens is 124 g/mol. The summed E-state index contributed by atoms with van der Waals surface area (Å²) in [6.45, 7) is 3.66. The lowest BCUT2D eigenvalue weighted by atomic mass is 10.2. The van der Waals surface area contributed by atoms with Gasteiger partial charge in [-0.15, -0.1) is 6.58 Å². The summed E-state index contributed by atoms with van der Waals surface area (Å²) in [7, 11) is 1.93. The molecule has 0 spiro atoms. The van der Waals surface area contributed by atoms with Crippen LogP contribution in [-0.4, -0.2) is 9.78 Å². The van der Waals surface area contributed by atoms with E-state index in [0.29, 0.717) is 0 Å². The van der Waals surface area contributed by atoms with Crippen molar-refractivity contribution >= 4 is 0 Å². The molecule has 0 aromatic carbocycles. The van der Waals surface area contributed by atoms with E-state index in [0.717, 1.165) is 12.8 Å². The molecule has 2 heteroatoms. The summed E-state index contributed by atoms with van der Waals surface area (Å²) in [4.78, 5) is 0. The van der Waals surface area contributed by atoms with Crippen molar-refractivity contribution in [2.24, 2.45) is 7.05 Å². The van der Waals surface area contributed by atoms with E-state index in [2.05, 4.69) is 11.7 Å². The number of rotatable bonds is 3. The molecule has 1 heterocycles. The van der Waals surface area contributed by atoms with Crippen LogP contribution in [0.1, 0.15) is 12.0 Å². The highest BCUT2D eigenvalue weighted by atomic mass is 15.2. The molecule has 54 valence electrons. The van der Waals surface area contributed by atoms with Gasteiger partial charge in [-0.3, -0.25) is 4.68 Å². The van der Waals surface area contributed by atoms with Gasteiger partial charge in [-0.25, -0.2) is 0 Å². The van der Waals surface area contributed by atoms with Crippen LogP contribution in [0.5, 0.6) is 0 Å². The number of hydrogen-bond acceptors (Lipinski definition) is 1. The van der Waals surface area contributed by atoms with Crippen LogP contribution in [-0.2, 0) is 13.5 Å². The van der Waals surface area contributed by atoms with E-state index in [1.165, 1.54) is 5.56 Å². The third-order valence-electron chi connectivity index (χ3n) is 1.40. The summed E-state index contributed by atoms with van der Waals surface area (Å²) in [6.07, 6.45) is 7.93. The van der Waals surface area contributed by atoms with Gasteiger partial charge in [0.15, 0.2) is 0 Å². The maximum Gasteiger partial charge on any atom is 0.0521 e. The first kappa shape index (κ1) is 7.06. The molecule has 10 heavy (non-hydrogen) atoms. The van der Waals surface area contributed by atoms with Crippen LogP contribution in [0.4, 0.5) is 0 Å². The van der Waals surface area contributed by atoms with Crippen molar-refractivity contribution < 1.29 is 0 Å². The van der Waals surface area contributed by atoms with Gasteiger partial charge in [-0.1, -0.05) is 6.08 Å². The Labute approximate surface area is 61.2 Å². The van der Waals surface area contributed by atoms with E-state index in [9.17, 15) is 0 Å². The molecule has 0 bridgehead atoms. The lowest BCUT2D eigenvalue weighted by Crippen LogP contribution is -1.84. The first-order chi connectivity index (χ1) is 4.83. The monoisotopic (exact) mass is 136 g/mol. The predicted octanol–water partition coefficient (Wildman–Crippen LogP) is 1.54. The van der Waals surface area contributed by atoms with Crippen LogP contribution in [0.15, 0.2) is 25.0 Å². The number of aryl methyl sites for hydroxylation is 2. The number of aromatic nitrogens is 2. The molecule has 0 atom stereocenters. The molecule has 2 nitrogen and oxygen atoms in total. The highest BCUT2D eigenvalue weighted by molar-refractivity contribution is 5.04. The molecule has 0 saturated heterocycles. The minimum atomic E-state index is 1.03. The van der Waals surface area contributed by atoms with Crippen molar-refractivity contribution in [2.75, 3.05) is 0 Å². The Morgan fingerprint density at radius 3 is 3.10 bits per heavy atom. The summed E-state index contributed by atoms with van der Waals surface area (Å²) >= 11 is 0. The van der Waals surface area contributed by atoms with E-state index in [4.69, 9.17) is 0 Å². The Hall–Kier alpha value is -1.05. The second-order valence-corrected chi connectivity index (χ2v) is 2.35. The molecule has 0 fully saturated rings. The lowest BCUT2D eigenvalue weighted by molar-refractivity contribution is 0.766. The van der Waals surface area contributed by atoms with Gasteiger partial charge in [0.05, 0.1) is 6.20 Å². The Kier molecular flexibility index (Phi) is 2.26. The molecule has 0 aliphatic heterocycles. The predicted molar refractivity (Wildman–Crippen MR) is 41.7 cm³/mol. The molecule has 1 aromatic heterocycles. The van der Waals surface area contributed by atoms with Gasteiger partial charge in [0.2, 0.25) is 0 Å². The normalized spacial score (nSPS) is 9.70. The quantitative estimate of drug-likeness (QED) is 0.576. The van der Waals surface area contributed by atoms with Crippen molar-refractivity contribution in [3.63, 3.8) is 0 Å². The largest absolute Gasteiger partial charge is 0.276 e. The fraction of sp³-hybridized carbons (Fsp3) is 0.375. The minimum absolute atomic E-state index is 1.03. The van der Waals surface area contributed by atoms with Gasteiger partial charge >= 0.3 is 0 Å². The number of hydrogen-bond donors (Lipinski definition) is 0. The van der Waals surface area contributed by atoms with Gasteiger partial charge in [-0.05, 0) is 18.4 Å². The molecule has 0 aliphatic carbocycles. The van der Waals surface area contributed by atoms with E-state index in [1.54, 1.807) is 0 Å². The van der Waals surface area contributed by atoms with E-state index < -0.39 is 0 Å². The average molecular weight is 136 g/mol. The lowest BCUT2D eigenvalue weighted by Gasteiger charge is -1.87. The minimum Gasteiger partial charge on any atom is -0.276 e. The zero-order valence-electron chi connectivity index (χ0n) is 6.25. The molecule has 0 unspecified atom stereocenters. The third kappa shape index (κ3) is 1.72. The van der Waals surface area contributed by atoms with E-state index in [-0.39, 0.29) is 0 Å². The first-order valence-corrected chi connectivity index (χ1v) is 3.41. The second-order valence-electron chi connectivity index (χ2n) is 2.35. The van der Waals surface area contributed by atoms with Gasteiger partial charge in [0.1, 0.15) is 0 Å². The van der Waals surface area contributed by atoms with Crippen molar-refractivity contribution in [1.29, 1.82) is 0 Å². The second kappa shape index (κ2) is 3.20. The molecule has 0 radical (unpaired) electrons. The molecule has 0 N–H and O–H groups in total. The van der Waals surface area contributed by atoms with Crippen LogP contribution >= 0.6 is 0 Å². The standard InChI is InChI=1S/C8H12N2/c1-3-4-5-8-6-9-10(2)7-8/h3,6-7H,1,4-5H2,2H3. The van der Waals surface area contributed by atoms with E-state index in [1.807, 2.05) is 30.2 Å². The van der Waals surface area contributed by atoms with Crippen molar-refractivity contribution in [3.05, 3.63) is 30.6 Å². The maximum atomic E-state index is 4.05. The Bertz CT molecular complexity index is 213. The fourth-order valence-electron chi connectivity index (χ4n) is 0.870. The molecule has 1 aromatic rings. The topological polar surface area (TPSA) is 17.8 Å².